The van der Waals surface area contributed by atoms with Crippen molar-refractivity contribution in [1.82, 2.24) is 10.2 Å². The van der Waals surface area contributed by atoms with Crippen LogP contribution in [0.25, 0.3) is 0 Å². The molecule has 0 heterocycles. The summed E-state index contributed by atoms with van der Waals surface area (Å²) < 4.78 is 53.5. The van der Waals surface area contributed by atoms with Crippen molar-refractivity contribution in [3.05, 3.63) is 64.1 Å². The van der Waals surface area contributed by atoms with Gasteiger partial charge in [0.25, 0.3) is 0 Å². The second-order valence-electron chi connectivity index (χ2n) is 7.84. The van der Waals surface area contributed by atoms with Crippen LogP contribution in [-0.4, -0.2) is 50.5 Å². The number of carbonyl (C=O) groups excluding carboxylic acids is 2. The topological polar surface area (TPSA) is 86.8 Å². The van der Waals surface area contributed by atoms with E-state index in [4.69, 9.17) is 0 Å². The minimum Gasteiger partial charge on any atom is -0.354 e. The standard InChI is InChI=1S/C23H28BrF2N3O4S/c1-4-5-12-27-23(31)16(2)28(14-17-6-8-18(24)9-7-17)22(30)15-29(34(3,32)33)19-10-11-20(25)21(26)13-19/h6-11,13,16H,4-5,12,14-15H2,1-3H3,(H,27,31). The first-order valence-electron chi connectivity index (χ1n) is 10.7. The van der Waals surface area contributed by atoms with Crippen molar-refractivity contribution in [2.45, 2.75) is 39.3 Å². The monoisotopic (exact) mass is 559 g/mol. The Hall–Kier alpha value is -2.53. The van der Waals surface area contributed by atoms with Gasteiger partial charge in [-0.2, -0.15) is 0 Å². The molecule has 34 heavy (non-hydrogen) atoms. The van der Waals surface area contributed by atoms with Gasteiger partial charge in [-0.3, -0.25) is 13.9 Å². The molecule has 2 amide bonds. The van der Waals surface area contributed by atoms with Gasteiger partial charge < -0.3 is 10.2 Å². The first-order valence-corrected chi connectivity index (χ1v) is 13.3. The van der Waals surface area contributed by atoms with E-state index in [1.807, 2.05) is 6.92 Å². The second-order valence-corrected chi connectivity index (χ2v) is 10.7. The van der Waals surface area contributed by atoms with Gasteiger partial charge in [0, 0.05) is 23.6 Å². The molecule has 0 saturated carbocycles. The molecule has 2 aromatic carbocycles. The molecular weight excluding hydrogens is 532 g/mol. The number of unbranched alkanes of at least 4 members (excludes halogenated alkanes) is 1. The number of nitrogens with zero attached hydrogens (tertiary/aromatic N) is 2. The molecule has 0 saturated heterocycles. The summed E-state index contributed by atoms with van der Waals surface area (Å²) in [6.45, 7) is 3.35. The van der Waals surface area contributed by atoms with Gasteiger partial charge >= 0.3 is 0 Å². The van der Waals surface area contributed by atoms with E-state index in [9.17, 15) is 26.8 Å². The molecule has 1 N–H and O–H groups in total. The largest absolute Gasteiger partial charge is 0.354 e. The maximum atomic E-state index is 13.8. The maximum absolute atomic E-state index is 13.8. The highest BCUT2D eigenvalue weighted by Gasteiger charge is 2.30. The number of benzene rings is 2. The van der Waals surface area contributed by atoms with E-state index in [-0.39, 0.29) is 18.1 Å². The fourth-order valence-corrected chi connectivity index (χ4v) is 4.26. The van der Waals surface area contributed by atoms with Crippen LogP contribution in [0.5, 0.6) is 0 Å². The maximum Gasteiger partial charge on any atom is 0.244 e. The minimum absolute atomic E-state index is 0.0455. The summed E-state index contributed by atoms with van der Waals surface area (Å²) in [6.07, 6.45) is 2.52. The molecule has 1 unspecified atom stereocenters. The molecule has 0 aliphatic rings. The van der Waals surface area contributed by atoms with E-state index >= 15 is 0 Å². The van der Waals surface area contributed by atoms with Crippen molar-refractivity contribution in [3.63, 3.8) is 0 Å². The molecule has 186 valence electrons. The van der Waals surface area contributed by atoms with E-state index in [1.165, 1.54) is 4.90 Å². The van der Waals surface area contributed by atoms with Gasteiger partial charge in [-0.25, -0.2) is 17.2 Å². The number of halogens is 3. The Morgan fingerprint density at radius 2 is 1.74 bits per heavy atom. The Bertz CT molecular complexity index is 1110. The SMILES string of the molecule is CCCCNC(=O)C(C)N(Cc1ccc(Br)cc1)C(=O)CN(c1ccc(F)c(F)c1)S(C)(=O)=O. The first-order chi connectivity index (χ1) is 15.9. The summed E-state index contributed by atoms with van der Waals surface area (Å²) in [5, 5.41) is 2.78. The van der Waals surface area contributed by atoms with Crippen LogP contribution in [-0.2, 0) is 26.2 Å². The summed E-state index contributed by atoms with van der Waals surface area (Å²) >= 11 is 3.34. The number of amides is 2. The smallest absolute Gasteiger partial charge is 0.244 e. The van der Waals surface area contributed by atoms with Crippen LogP contribution in [0.3, 0.4) is 0 Å². The van der Waals surface area contributed by atoms with Crippen LogP contribution < -0.4 is 9.62 Å². The molecule has 11 heteroatoms. The van der Waals surface area contributed by atoms with E-state index in [1.54, 1.807) is 31.2 Å². The Morgan fingerprint density at radius 3 is 2.29 bits per heavy atom. The quantitative estimate of drug-likeness (QED) is 0.424. The van der Waals surface area contributed by atoms with Gasteiger partial charge in [0.2, 0.25) is 21.8 Å². The molecule has 0 fully saturated rings. The zero-order valence-corrected chi connectivity index (χ0v) is 21.6. The summed E-state index contributed by atoms with van der Waals surface area (Å²) in [5.41, 5.74) is 0.530. The van der Waals surface area contributed by atoms with Crippen molar-refractivity contribution >= 4 is 43.5 Å². The second kappa shape index (κ2) is 12.3. The molecule has 2 rings (SSSR count). The lowest BCUT2D eigenvalue weighted by molar-refractivity contribution is -0.139. The van der Waals surface area contributed by atoms with Crippen LogP contribution in [0.15, 0.2) is 46.9 Å². The zero-order chi connectivity index (χ0) is 25.5. The van der Waals surface area contributed by atoms with Crippen LogP contribution >= 0.6 is 15.9 Å². The summed E-state index contributed by atoms with van der Waals surface area (Å²) in [7, 11) is -4.03. The Kier molecular flexibility index (Phi) is 9.99. The molecule has 2 aromatic rings. The molecule has 0 bridgehead atoms. The van der Waals surface area contributed by atoms with Crippen LogP contribution in [0.4, 0.5) is 14.5 Å². The summed E-state index contributed by atoms with van der Waals surface area (Å²) in [5.74, 6) is -3.43. The highest BCUT2D eigenvalue weighted by atomic mass is 79.9. The summed E-state index contributed by atoms with van der Waals surface area (Å²) in [4.78, 5) is 27.3. The van der Waals surface area contributed by atoms with Gasteiger partial charge in [0.15, 0.2) is 11.6 Å². The normalized spacial score (nSPS) is 12.2. The van der Waals surface area contributed by atoms with Crippen molar-refractivity contribution in [3.8, 4) is 0 Å². The number of anilines is 1. The highest BCUT2D eigenvalue weighted by Crippen LogP contribution is 2.22. The third kappa shape index (κ3) is 7.76. The number of nitrogens with one attached hydrogen (secondary N) is 1. The fourth-order valence-electron chi connectivity index (χ4n) is 3.16. The minimum atomic E-state index is -4.03. The average Bonchev–Trinajstić information content (AvgIpc) is 2.77. The number of rotatable bonds is 11. The van der Waals surface area contributed by atoms with E-state index in [2.05, 4.69) is 21.2 Å². The number of hydrogen-bond donors (Lipinski definition) is 1. The lowest BCUT2D eigenvalue weighted by Crippen LogP contribution is -2.51. The molecule has 0 aliphatic carbocycles. The summed E-state index contributed by atoms with van der Waals surface area (Å²) in [6, 6.07) is 8.79. The predicted octanol–water partition coefficient (Wildman–Crippen LogP) is 3.83. The van der Waals surface area contributed by atoms with Crippen LogP contribution in [0.1, 0.15) is 32.3 Å². The van der Waals surface area contributed by atoms with E-state index in [0.717, 1.165) is 41.3 Å². The fraction of sp³-hybridized carbons (Fsp3) is 0.391. The van der Waals surface area contributed by atoms with Crippen molar-refractivity contribution < 1.29 is 26.8 Å². The van der Waals surface area contributed by atoms with Crippen molar-refractivity contribution in [2.75, 3.05) is 23.7 Å². The van der Waals surface area contributed by atoms with Gasteiger partial charge in [-0.15, -0.1) is 0 Å². The number of carbonyl (C=O) groups is 2. The molecule has 0 radical (unpaired) electrons. The first kappa shape index (κ1) is 27.7. The Morgan fingerprint density at radius 1 is 1.09 bits per heavy atom. The van der Waals surface area contributed by atoms with E-state index < -0.39 is 40.2 Å². The third-order valence-electron chi connectivity index (χ3n) is 5.13. The third-order valence-corrected chi connectivity index (χ3v) is 6.80. The van der Waals surface area contributed by atoms with Crippen LogP contribution in [0.2, 0.25) is 0 Å². The lowest BCUT2D eigenvalue weighted by Gasteiger charge is -2.31. The molecule has 0 spiro atoms. The zero-order valence-electron chi connectivity index (χ0n) is 19.2. The molecule has 7 nitrogen and oxygen atoms in total. The number of sulfonamides is 1. The van der Waals surface area contributed by atoms with Crippen molar-refractivity contribution in [2.24, 2.45) is 0 Å². The Labute approximate surface area is 207 Å². The molecule has 1 atom stereocenters. The van der Waals surface area contributed by atoms with Crippen molar-refractivity contribution in [1.29, 1.82) is 0 Å². The van der Waals surface area contributed by atoms with Gasteiger partial charge in [-0.05, 0) is 43.2 Å². The number of hydrogen-bond acceptors (Lipinski definition) is 4. The molecular formula is C23H28BrF2N3O4S. The molecule has 0 aromatic heterocycles. The lowest BCUT2D eigenvalue weighted by atomic mass is 10.1. The van der Waals surface area contributed by atoms with Gasteiger partial charge in [-0.1, -0.05) is 41.4 Å². The van der Waals surface area contributed by atoms with Gasteiger partial charge in [0.1, 0.15) is 12.6 Å². The predicted molar refractivity (Wildman–Crippen MR) is 131 cm³/mol. The molecule has 0 aliphatic heterocycles. The van der Waals surface area contributed by atoms with E-state index in [0.29, 0.717) is 16.9 Å². The van der Waals surface area contributed by atoms with Crippen LogP contribution in [0, 0.1) is 11.6 Å². The highest BCUT2D eigenvalue weighted by molar-refractivity contribution is 9.10. The van der Waals surface area contributed by atoms with Gasteiger partial charge in [0.05, 0.1) is 11.9 Å². The Balaban J connectivity index is 2.35. The average molecular weight is 560 g/mol.